The molecule has 1 unspecified atom stereocenters. The molecule has 0 aliphatic heterocycles. The number of hydrogen-bond donors (Lipinski definition) is 1. The van der Waals surface area contributed by atoms with Crippen molar-refractivity contribution >= 4 is 28.9 Å². The summed E-state index contributed by atoms with van der Waals surface area (Å²) in [6.07, 6.45) is 0. The minimum Gasteiger partial charge on any atom is -0.378 e. The molecule has 0 heterocycles. The molecule has 0 saturated heterocycles. The van der Waals surface area contributed by atoms with Crippen LogP contribution in [0.15, 0.2) is 36.4 Å². The van der Waals surface area contributed by atoms with Crippen LogP contribution in [0, 0.1) is 17.1 Å². The van der Waals surface area contributed by atoms with Crippen LogP contribution in [0.4, 0.5) is 10.1 Å². The van der Waals surface area contributed by atoms with E-state index in [2.05, 4.69) is 11.4 Å². The van der Waals surface area contributed by atoms with Crippen LogP contribution >= 0.6 is 23.2 Å². The van der Waals surface area contributed by atoms with Crippen LogP contribution in [0.5, 0.6) is 0 Å². The number of benzene rings is 2. The van der Waals surface area contributed by atoms with Gasteiger partial charge in [0.15, 0.2) is 0 Å². The summed E-state index contributed by atoms with van der Waals surface area (Å²) in [6.45, 7) is 1.82. The summed E-state index contributed by atoms with van der Waals surface area (Å²) in [7, 11) is 0. The Morgan fingerprint density at radius 2 is 2.00 bits per heavy atom. The van der Waals surface area contributed by atoms with Gasteiger partial charge in [0, 0.05) is 16.3 Å². The van der Waals surface area contributed by atoms with Crippen molar-refractivity contribution in [3.8, 4) is 6.07 Å². The van der Waals surface area contributed by atoms with E-state index in [9.17, 15) is 4.39 Å². The van der Waals surface area contributed by atoms with Gasteiger partial charge in [-0.25, -0.2) is 4.39 Å². The summed E-state index contributed by atoms with van der Waals surface area (Å²) in [6, 6.07) is 11.5. The molecule has 102 valence electrons. The van der Waals surface area contributed by atoms with Crippen LogP contribution in [0.3, 0.4) is 0 Å². The first-order valence-electron chi connectivity index (χ1n) is 5.93. The van der Waals surface area contributed by atoms with Crippen LogP contribution in [0.25, 0.3) is 0 Å². The second kappa shape index (κ2) is 6.13. The Morgan fingerprint density at radius 3 is 2.70 bits per heavy atom. The molecular formula is C15H11Cl2FN2. The number of nitrogens with zero attached hydrogens (tertiary/aromatic N) is 1. The number of halogens is 3. The Hall–Kier alpha value is -1.76. The van der Waals surface area contributed by atoms with Crippen LogP contribution in [0.2, 0.25) is 10.0 Å². The molecule has 2 aromatic rings. The van der Waals surface area contributed by atoms with E-state index in [1.54, 1.807) is 18.2 Å². The Morgan fingerprint density at radius 1 is 1.25 bits per heavy atom. The summed E-state index contributed by atoms with van der Waals surface area (Å²) in [4.78, 5) is 0. The lowest BCUT2D eigenvalue weighted by molar-refractivity contribution is 0.624. The highest BCUT2D eigenvalue weighted by molar-refractivity contribution is 6.36. The topological polar surface area (TPSA) is 35.8 Å². The molecule has 20 heavy (non-hydrogen) atoms. The van der Waals surface area contributed by atoms with E-state index in [0.29, 0.717) is 16.1 Å². The summed E-state index contributed by atoms with van der Waals surface area (Å²) in [5.74, 6) is -0.509. The monoisotopic (exact) mass is 308 g/mol. The first kappa shape index (κ1) is 14.6. The van der Waals surface area contributed by atoms with Gasteiger partial charge in [-0.05, 0) is 37.3 Å². The minimum absolute atomic E-state index is 0.00828. The van der Waals surface area contributed by atoms with Crippen molar-refractivity contribution in [3.63, 3.8) is 0 Å². The van der Waals surface area contributed by atoms with E-state index in [4.69, 9.17) is 28.5 Å². The SMILES string of the molecule is CC(Nc1cccc(C#N)c1)c1c(Cl)ccc(F)c1Cl. The van der Waals surface area contributed by atoms with E-state index >= 15 is 0 Å². The molecule has 0 amide bonds. The van der Waals surface area contributed by atoms with Crippen molar-refractivity contribution < 1.29 is 4.39 Å². The van der Waals surface area contributed by atoms with E-state index in [1.807, 2.05) is 13.0 Å². The molecule has 0 spiro atoms. The molecule has 1 N–H and O–H groups in total. The highest BCUT2D eigenvalue weighted by Crippen LogP contribution is 2.34. The zero-order valence-corrected chi connectivity index (χ0v) is 12.1. The van der Waals surface area contributed by atoms with E-state index in [-0.39, 0.29) is 11.1 Å². The van der Waals surface area contributed by atoms with Gasteiger partial charge in [0.25, 0.3) is 0 Å². The molecule has 0 aliphatic rings. The molecular weight excluding hydrogens is 298 g/mol. The van der Waals surface area contributed by atoms with Gasteiger partial charge in [0.1, 0.15) is 5.82 Å². The van der Waals surface area contributed by atoms with Crippen molar-refractivity contribution in [2.75, 3.05) is 5.32 Å². The number of nitriles is 1. The standard InChI is InChI=1S/C15H11Cl2FN2/c1-9(14-12(16)5-6-13(18)15(14)17)20-11-4-2-3-10(7-11)8-19/h2-7,9,20H,1H3. The molecule has 0 bridgehead atoms. The molecule has 0 aliphatic carbocycles. The highest BCUT2D eigenvalue weighted by atomic mass is 35.5. The third kappa shape index (κ3) is 3.04. The summed E-state index contributed by atoms with van der Waals surface area (Å²) < 4.78 is 13.5. The molecule has 5 heteroatoms. The normalized spacial score (nSPS) is 11.8. The van der Waals surface area contributed by atoms with Gasteiger partial charge in [0.2, 0.25) is 0 Å². The van der Waals surface area contributed by atoms with Crippen molar-refractivity contribution in [2.45, 2.75) is 13.0 Å². The van der Waals surface area contributed by atoms with Crippen LogP contribution in [0.1, 0.15) is 24.1 Å². The summed E-state index contributed by atoms with van der Waals surface area (Å²) in [5, 5.41) is 12.4. The maximum Gasteiger partial charge on any atom is 0.142 e. The average molecular weight is 309 g/mol. The number of anilines is 1. The van der Waals surface area contributed by atoms with Crippen molar-refractivity contribution in [1.82, 2.24) is 0 Å². The van der Waals surface area contributed by atoms with Crippen LogP contribution < -0.4 is 5.32 Å². The largest absolute Gasteiger partial charge is 0.378 e. The predicted molar refractivity (Wildman–Crippen MR) is 79.6 cm³/mol. The zero-order valence-electron chi connectivity index (χ0n) is 10.6. The lowest BCUT2D eigenvalue weighted by Gasteiger charge is -2.18. The maximum absolute atomic E-state index is 13.5. The maximum atomic E-state index is 13.5. The first-order valence-corrected chi connectivity index (χ1v) is 6.68. The quantitative estimate of drug-likeness (QED) is 0.793. The van der Waals surface area contributed by atoms with Gasteiger partial charge in [0.05, 0.1) is 22.7 Å². The second-order valence-electron chi connectivity index (χ2n) is 4.32. The fourth-order valence-corrected chi connectivity index (χ4v) is 2.64. The Balaban J connectivity index is 2.31. The lowest BCUT2D eigenvalue weighted by Crippen LogP contribution is -2.08. The summed E-state index contributed by atoms with van der Waals surface area (Å²) >= 11 is 12.0. The Kier molecular flexibility index (Phi) is 4.49. The molecule has 0 radical (unpaired) electrons. The van der Waals surface area contributed by atoms with Gasteiger partial charge in [-0.2, -0.15) is 5.26 Å². The van der Waals surface area contributed by atoms with Gasteiger partial charge in [-0.15, -0.1) is 0 Å². The fraction of sp³-hybridized carbons (Fsp3) is 0.133. The van der Waals surface area contributed by atoms with Crippen molar-refractivity contribution in [2.24, 2.45) is 0 Å². The highest BCUT2D eigenvalue weighted by Gasteiger charge is 2.17. The van der Waals surface area contributed by atoms with E-state index in [1.165, 1.54) is 12.1 Å². The van der Waals surface area contributed by atoms with E-state index in [0.717, 1.165) is 5.69 Å². The molecule has 2 nitrogen and oxygen atoms in total. The molecule has 0 saturated carbocycles. The zero-order chi connectivity index (χ0) is 14.7. The third-order valence-corrected chi connectivity index (χ3v) is 3.60. The Bertz CT molecular complexity index is 680. The van der Waals surface area contributed by atoms with Crippen molar-refractivity contribution in [1.29, 1.82) is 5.26 Å². The predicted octanol–water partition coefficient (Wildman–Crippen LogP) is 5.18. The first-order chi connectivity index (χ1) is 9.52. The molecule has 2 aromatic carbocycles. The minimum atomic E-state index is -0.509. The average Bonchev–Trinajstić information content (AvgIpc) is 2.43. The molecule has 1 atom stereocenters. The van der Waals surface area contributed by atoms with Gasteiger partial charge in [-0.1, -0.05) is 29.3 Å². The molecule has 0 aromatic heterocycles. The van der Waals surface area contributed by atoms with Gasteiger partial charge < -0.3 is 5.32 Å². The smallest absolute Gasteiger partial charge is 0.142 e. The van der Waals surface area contributed by atoms with Crippen molar-refractivity contribution in [3.05, 3.63) is 63.4 Å². The molecule has 0 fully saturated rings. The third-order valence-electron chi connectivity index (χ3n) is 2.89. The van der Waals surface area contributed by atoms with E-state index < -0.39 is 5.82 Å². The number of hydrogen-bond acceptors (Lipinski definition) is 2. The number of rotatable bonds is 3. The lowest BCUT2D eigenvalue weighted by atomic mass is 10.1. The van der Waals surface area contributed by atoms with Gasteiger partial charge >= 0.3 is 0 Å². The second-order valence-corrected chi connectivity index (χ2v) is 5.10. The Labute approximate surface area is 126 Å². The van der Waals surface area contributed by atoms with Gasteiger partial charge in [-0.3, -0.25) is 0 Å². The van der Waals surface area contributed by atoms with Crippen LogP contribution in [-0.2, 0) is 0 Å². The fourth-order valence-electron chi connectivity index (χ4n) is 1.94. The summed E-state index contributed by atoms with van der Waals surface area (Å²) in [5.41, 5.74) is 1.78. The molecule has 2 rings (SSSR count). The van der Waals surface area contributed by atoms with Crippen LogP contribution in [-0.4, -0.2) is 0 Å². The number of nitrogens with one attached hydrogen (secondary N) is 1.